The Morgan fingerprint density at radius 3 is 2.87 bits per heavy atom. The number of piperidine rings is 1. The van der Waals surface area contributed by atoms with Crippen LogP contribution in [0.3, 0.4) is 0 Å². The third-order valence-corrected chi connectivity index (χ3v) is 5.14. The summed E-state index contributed by atoms with van der Waals surface area (Å²) in [6.07, 6.45) is 8.00. The van der Waals surface area contributed by atoms with Gasteiger partial charge >= 0.3 is 0 Å². The predicted octanol–water partition coefficient (Wildman–Crippen LogP) is 3.15. The molecule has 4 aromatic rings. The van der Waals surface area contributed by atoms with Crippen molar-refractivity contribution in [2.24, 2.45) is 0 Å². The van der Waals surface area contributed by atoms with Gasteiger partial charge in [0.1, 0.15) is 5.69 Å². The smallest absolute Gasteiger partial charge is 0.273 e. The summed E-state index contributed by atoms with van der Waals surface area (Å²) in [6, 6.07) is 9.00. The highest BCUT2D eigenvalue weighted by atomic mass is 35.5. The summed E-state index contributed by atoms with van der Waals surface area (Å²) < 4.78 is 6.75. The van der Waals surface area contributed by atoms with Crippen molar-refractivity contribution in [1.29, 1.82) is 0 Å². The fraction of sp³-hybridized carbons (Fsp3) is 0.250. The molecule has 4 aromatic heterocycles. The average molecular weight is 426 g/mol. The number of hydrogen-bond acceptors (Lipinski definition) is 7. The van der Waals surface area contributed by atoms with E-state index in [-0.39, 0.29) is 36.0 Å². The molecule has 2 N–H and O–H groups in total. The van der Waals surface area contributed by atoms with E-state index in [1.807, 2.05) is 23.2 Å². The second-order valence-electron chi connectivity index (χ2n) is 6.98. The Morgan fingerprint density at radius 1 is 1.20 bits per heavy atom. The zero-order valence-electron chi connectivity index (χ0n) is 16.0. The molecule has 1 saturated heterocycles. The van der Waals surface area contributed by atoms with Gasteiger partial charge in [0.05, 0.1) is 12.3 Å². The van der Waals surface area contributed by atoms with Crippen LogP contribution in [0, 0.1) is 0 Å². The number of nitrogens with two attached hydrogens (primary N) is 1. The number of carbonyl (C=O) groups is 1. The van der Waals surface area contributed by atoms with Crippen LogP contribution in [0.2, 0.25) is 0 Å². The highest BCUT2D eigenvalue weighted by Gasteiger charge is 2.30. The van der Waals surface area contributed by atoms with Crippen molar-refractivity contribution in [3.8, 4) is 11.6 Å². The number of likely N-dealkylation sites (tertiary alicyclic amines) is 1. The SMILES string of the molecule is Cl.Nc1nc(C(=O)N2CCCCC2c2cccnc2)cc2nc(-c3ccco3)nn12. The fourth-order valence-electron chi connectivity index (χ4n) is 3.77. The van der Waals surface area contributed by atoms with Crippen LogP contribution in [0.1, 0.15) is 41.4 Å². The predicted molar refractivity (Wildman–Crippen MR) is 112 cm³/mol. The Labute approximate surface area is 178 Å². The standard InChI is InChI=1S/C20H19N7O2.ClH/c21-20-23-14(11-17-24-18(25-27(17)20)16-7-4-10-29-16)19(28)26-9-2-1-6-15(26)13-5-3-8-22-12-13;/h3-5,7-8,10-12,15H,1-2,6,9H2,(H2,21,23);1H. The van der Waals surface area contributed by atoms with Crippen LogP contribution in [0.25, 0.3) is 17.2 Å². The van der Waals surface area contributed by atoms with E-state index in [2.05, 4.69) is 20.1 Å². The van der Waals surface area contributed by atoms with Crippen molar-refractivity contribution in [1.82, 2.24) is 29.5 Å². The Balaban J connectivity index is 0.00000218. The quantitative estimate of drug-likeness (QED) is 0.536. The Bertz CT molecular complexity index is 1160. The van der Waals surface area contributed by atoms with Crippen LogP contribution in [-0.2, 0) is 0 Å². The first-order chi connectivity index (χ1) is 14.2. The van der Waals surface area contributed by atoms with E-state index in [9.17, 15) is 4.79 Å². The molecule has 1 fully saturated rings. The largest absolute Gasteiger partial charge is 0.461 e. The molecule has 1 aliphatic heterocycles. The number of hydrogen-bond donors (Lipinski definition) is 1. The van der Waals surface area contributed by atoms with Crippen LogP contribution >= 0.6 is 12.4 Å². The lowest BCUT2D eigenvalue weighted by Gasteiger charge is -2.35. The molecule has 9 nitrogen and oxygen atoms in total. The number of pyridine rings is 1. The number of fused-ring (bicyclic) bond motifs is 1. The third kappa shape index (κ3) is 3.48. The molecule has 1 aliphatic rings. The molecule has 5 rings (SSSR count). The van der Waals surface area contributed by atoms with Gasteiger partial charge < -0.3 is 15.1 Å². The second kappa shape index (κ2) is 8.11. The van der Waals surface area contributed by atoms with Crippen molar-refractivity contribution in [3.05, 3.63) is 60.2 Å². The first-order valence-electron chi connectivity index (χ1n) is 9.49. The van der Waals surface area contributed by atoms with Crippen molar-refractivity contribution < 1.29 is 9.21 Å². The summed E-state index contributed by atoms with van der Waals surface area (Å²) in [5, 5.41) is 4.32. The first-order valence-corrected chi connectivity index (χ1v) is 9.49. The van der Waals surface area contributed by atoms with Crippen molar-refractivity contribution in [2.75, 3.05) is 12.3 Å². The lowest BCUT2D eigenvalue weighted by molar-refractivity contribution is 0.0605. The van der Waals surface area contributed by atoms with Crippen molar-refractivity contribution >= 4 is 29.9 Å². The van der Waals surface area contributed by atoms with E-state index in [4.69, 9.17) is 10.2 Å². The molecule has 30 heavy (non-hydrogen) atoms. The van der Waals surface area contributed by atoms with E-state index in [1.165, 1.54) is 4.52 Å². The minimum Gasteiger partial charge on any atom is -0.461 e. The lowest BCUT2D eigenvalue weighted by atomic mass is 9.96. The maximum Gasteiger partial charge on any atom is 0.273 e. The van der Waals surface area contributed by atoms with E-state index in [1.54, 1.807) is 30.7 Å². The van der Waals surface area contributed by atoms with Crippen molar-refractivity contribution in [2.45, 2.75) is 25.3 Å². The number of rotatable bonds is 3. The number of anilines is 1. The molecule has 0 bridgehead atoms. The van der Waals surface area contributed by atoms with E-state index in [0.717, 1.165) is 24.8 Å². The molecule has 0 spiro atoms. The van der Waals surface area contributed by atoms with Crippen LogP contribution in [-0.4, -0.2) is 41.9 Å². The molecule has 0 aromatic carbocycles. The Kier molecular flexibility index (Phi) is 5.37. The van der Waals surface area contributed by atoms with E-state index in [0.29, 0.717) is 23.8 Å². The van der Waals surface area contributed by atoms with Gasteiger partial charge in [-0.25, -0.2) is 9.97 Å². The zero-order chi connectivity index (χ0) is 19.8. The summed E-state index contributed by atoms with van der Waals surface area (Å²) in [6.45, 7) is 0.662. The van der Waals surface area contributed by atoms with Crippen molar-refractivity contribution in [3.63, 3.8) is 0 Å². The normalized spacial score (nSPS) is 16.4. The second-order valence-corrected chi connectivity index (χ2v) is 6.98. The van der Waals surface area contributed by atoms with Gasteiger partial charge in [-0.2, -0.15) is 4.52 Å². The monoisotopic (exact) mass is 425 g/mol. The minimum atomic E-state index is -0.171. The number of carbonyl (C=O) groups excluding carboxylic acids is 1. The minimum absolute atomic E-state index is 0. The lowest BCUT2D eigenvalue weighted by Crippen LogP contribution is -2.39. The van der Waals surface area contributed by atoms with Crippen LogP contribution in [0.5, 0.6) is 0 Å². The molecule has 0 aliphatic carbocycles. The van der Waals surface area contributed by atoms with Gasteiger partial charge in [-0.3, -0.25) is 9.78 Å². The summed E-state index contributed by atoms with van der Waals surface area (Å²) in [7, 11) is 0. The molecule has 5 heterocycles. The number of amides is 1. The number of nitrogens with zero attached hydrogens (tertiary/aromatic N) is 6. The van der Waals surface area contributed by atoms with Crippen LogP contribution < -0.4 is 5.73 Å². The van der Waals surface area contributed by atoms with E-state index >= 15 is 0 Å². The maximum absolute atomic E-state index is 13.3. The third-order valence-electron chi connectivity index (χ3n) is 5.14. The molecule has 1 atom stereocenters. The number of halogens is 1. The molecular formula is C20H20ClN7O2. The molecule has 154 valence electrons. The highest BCUT2D eigenvalue weighted by Crippen LogP contribution is 2.31. The van der Waals surface area contributed by atoms with Gasteiger partial charge in [0.25, 0.3) is 5.91 Å². The van der Waals surface area contributed by atoms with E-state index < -0.39 is 0 Å². The number of furan rings is 1. The summed E-state index contributed by atoms with van der Waals surface area (Å²) in [5.74, 6) is 0.842. The Hall–Kier alpha value is -3.46. The maximum atomic E-state index is 13.3. The zero-order valence-corrected chi connectivity index (χ0v) is 16.8. The topological polar surface area (TPSA) is 115 Å². The van der Waals surface area contributed by atoms with Gasteiger partial charge in [-0.15, -0.1) is 17.5 Å². The van der Waals surface area contributed by atoms with Gasteiger partial charge in [0, 0.05) is 25.0 Å². The molecule has 1 unspecified atom stereocenters. The van der Waals surface area contributed by atoms with Gasteiger partial charge in [0.15, 0.2) is 11.4 Å². The highest BCUT2D eigenvalue weighted by molar-refractivity contribution is 5.94. The summed E-state index contributed by atoms with van der Waals surface area (Å²) in [4.78, 5) is 28.1. The number of aromatic nitrogens is 5. The van der Waals surface area contributed by atoms with Crippen LogP contribution in [0.4, 0.5) is 5.95 Å². The summed E-state index contributed by atoms with van der Waals surface area (Å²) >= 11 is 0. The van der Waals surface area contributed by atoms with Gasteiger partial charge in [0.2, 0.25) is 11.8 Å². The van der Waals surface area contributed by atoms with Gasteiger partial charge in [-0.1, -0.05) is 6.07 Å². The fourth-order valence-corrected chi connectivity index (χ4v) is 3.77. The molecule has 1 amide bonds. The molecule has 10 heteroatoms. The van der Waals surface area contributed by atoms with Crippen LogP contribution in [0.15, 0.2) is 53.4 Å². The van der Waals surface area contributed by atoms with Gasteiger partial charge in [-0.05, 0) is 43.0 Å². The average Bonchev–Trinajstić information content (AvgIpc) is 3.44. The molecular weight excluding hydrogens is 406 g/mol. The molecule has 0 saturated carbocycles. The molecule has 0 radical (unpaired) electrons. The number of nitrogen functional groups attached to an aromatic ring is 1. The summed E-state index contributed by atoms with van der Waals surface area (Å²) in [5.41, 5.74) is 7.80. The Morgan fingerprint density at radius 2 is 2.10 bits per heavy atom. The first kappa shape index (κ1) is 19.8.